The summed E-state index contributed by atoms with van der Waals surface area (Å²) in [5, 5.41) is 5.05. The van der Waals surface area contributed by atoms with Crippen molar-refractivity contribution in [3.05, 3.63) is 57.3 Å². The lowest BCUT2D eigenvalue weighted by atomic mass is 10.2. The second-order valence-corrected chi connectivity index (χ2v) is 6.49. The minimum atomic E-state index is -0.627. The van der Waals surface area contributed by atoms with Crippen LogP contribution in [0.15, 0.2) is 36.4 Å². The number of carbonyl (C=O) groups is 1. The first kappa shape index (κ1) is 19.4. The number of halogens is 4. The fourth-order valence-corrected chi connectivity index (χ4v) is 2.85. The van der Waals surface area contributed by atoms with Gasteiger partial charge in [-0.1, -0.05) is 34.8 Å². The van der Waals surface area contributed by atoms with Crippen molar-refractivity contribution in [2.24, 2.45) is 0 Å². The zero-order valence-corrected chi connectivity index (χ0v) is 16.0. The van der Waals surface area contributed by atoms with Gasteiger partial charge in [0.05, 0.1) is 12.1 Å². The highest BCUT2D eigenvalue weighted by Gasteiger charge is 2.20. The lowest BCUT2D eigenvalue weighted by Gasteiger charge is -2.08. The predicted octanol–water partition coefficient (Wildman–Crippen LogP) is 4.59. The summed E-state index contributed by atoms with van der Waals surface area (Å²) in [7, 11) is 1.22. The first-order valence-corrected chi connectivity index (χ1v) is 8.60. The summed E-state index contributed by atoms with van der Waals surface area (Å²) in [5.41, 5.74) is 0.511. The van der Waals surface area contributed by atoms with Crippen LogP contribution in [0.1, 0.15) is 0 Å². The van der Waals surface area contributed by atoms with Gasteiger partial charge in [0, 0.05) is 15.6 Å². The first-order valence-electron chi connectivity index (χ1n) is 7.46. The van der Waals surface area contributed by atoms with Crippen molar-refractivity contribution in [2.45, 2.75) is 0 Å². The molecular weight excluding hydrogens is 420 g/mol. The van der Waals surface area contributed by atoms with Gasteiger partial charge < -0.3 is 9.47 Å². The van der Waals surface area contributed by atoms with Crippen LogP contribution in [0.2, 0.25) is 15.1 Å². The highest BCUT2D eigenvalue weighted by Crippen LogP contribution is 2.32. The van der Waals surface area contributed by atoms with E-state index in [2.05, 4.69) is 14.8 Å². The van der Waals surface area contributed by atoms with Crippen LogP contribution in [0.25, 0.3) is 17.1 Å². The quantitative estimate of drug-likeness (QED) is 0.554. The zero-order valence-electron chi connectivity index (χ0n) is 13.7. The summed E-state index contributed by atoms with van der Waals surface area (Å²) < 4.78 is 25.4. The molecule has 3 rings (SSSR count). The molecule has 0 atom stereocenters. The number of rotatable bonds is 5. The number of carbonyl (C=O) groups excluding carboxylic acids is 1. The van der Waals surface area contributed by atoms with E-state index in [4.69, 9.17) is 39.5 Å². The molecule has 0 aliphatic rings. The monoisotopic (exact) mass is 429 g/mol. The number of nitrogens with zero attached hydrogens (tertiary/aromatic N) is 3. The third kappa shape index (κ3) is 4.32. The number of aromatic nitrogens is 3. The van der Waals surface area contributed by atoms with Crippen LogP contribution in [0.4, 0.5) is 4.39 Å². The van der Waals surface area contributed by atoms with Crippen LogP contribution < -0.4 is 4.74 Å². The van der Waals surface area contributed by atoms with Crippen molar-refractivity contribution in [1.29, 1.82) is 0 Å². The van der Waals surface area contributed by atoms with Gasteiger partial charge in [0.2, 0.25) is 0 Å². The van der Waals surface area contributed by atoms with E-state index in [9.17, 15) is 9.18 Å². The summed E-state index contributed by atoms with van der Waals surface area (Å²) in [6.45, 7) is -0.405. The Balaban J connectivity index is 2.11. The van der Waals surface area contributed by atoms with E-state index >= 15 is 0 Å². The van der Waals surface area contributed by atoms with E-state index < -0.39 is 18.4 Å². The molecule has 0 radical (unpaired) electrons. The summed E-state index contributed by atoms with van der Waals surface area (Å²) in [6.07, 6.45) is 0. The summed E-state index contributed by atoms with van der Waals surface area (Å²) in [4.78, 5) is 15.5. The van der Waals surface area contributed by atoms with Crippen LogP contribution in [0.3, 0.4) is 0 Å². The Morgan fingerprint density at radius 2 is 1.85 bits per heavy atom. The molecule has 0 saturated heterocycles. The average Bonchev–Trinajstić information content (AvgIpc) is 3.03. The van der Waals surface area contributed by atoms with Crippen molar-refractivity contribution in [3.63, 3.8) is 0 Å². The van der Waals surface area contributed by atoms with Crippen molar-refractivity contribution < 1.29 is 18.7 Å². The molecule has 0 aliphatic carbocycles. The third-order valence-corrected chi connectivity index (χ3v) is 4.23. The number of hydrogen-bond acceptors (Lipinski definition) is 5. The van der Waals surface area contributed by atoms with Gasteiger partial charge in [-0.05, 0) is 36.4 Å². The van der Waals surface area contributed by atoms with Crippen LogP contribution in [-0.2, 0) is 9.53 Å². The Bertz CT molecular complexity index is 941. The molecule has 0 N–H and O–H groups in total. The van der Waals surface area contributed by atoms with Crippen LogP contribution in [0, 0.1) is 5.82 Å². The SMILES string of the molecule is COC(=O)COc1nc(-c2ccc(Cl)cc2Cl)n(-c2ccc(Cl)cc2F)n1. The molecular formula is C17H11Cl3FN3O3. The smallest absolute Gasteiger partial charge is 0.344 e. The van der Waals surface area contributed by atoms with Gasteiger partial charge >= 0.3 is 12.0 Å². The van der Waals surface area contributed by atoms with Crippen molar-refractivity contribution in [2.75, 3.05) is 13.7 Å². The van der Waals surface area contributed by atoms with E-state index in [0.29, 0.717) is 10.6 Å². The van der Waals surface area contributed by atoms with Gasteiger partial charge in [0.1, 0.15) is 11.5 Å². The normalized spacial score (nSPS) is 10.7. The molecule has 0 bridgehead atoms. The number of benzene rings is 2. The minimum Gasteiger partial charge on any atom is -0.466 e. The standard InChI is InChI=1S/C17H11Cl3FN3O3/c1-26-15(25)8-27-17-22-16(11-4-2-9(18)6-12(11)20)24(23-17)14-5-3-10(19)7-13(14)21/h2-7H,8H2,1H3. The Hall–Kier alpha value is -2.35. The summed E-state index contributed by atoms with van der Waals surface area (Å²) in [6, 6.07) is 8.66. The van der Waals surface area contributed by atoms with E-state index in [1.165, 1.54) is 30.0 Å². The highest BCUT2D eigenvalue weighted by atomic mass is 35.5. The Kier molecular flexibility index (Phi) is 5.84. The predicted molar refractivity (Wildman–Crippen MR) is 99.3 cm³/mol. The highest BCUT2D eigenvalue weighted by molar-refractivity contribution is 6.36. The van der Waals surface area contributed by atoms with Gasteiger partial charge in [-0.25, -0.2) is 13.9 Å². The van der Waals surface area contributed by atoms with Crippen LogP contribution in [0.5, 0.6) is 6.01 Å². The van der Waals surface area contributed by atoms with E-state index in [1.807, 2.05) is 0 Å². The van der Waals surface area contributed by atoms with Gasteiger partial charge in [0.15, 0.2) is 12.4 Å². The zero-order chi connectivity index (χ0) is 19.6. The average molecular weight is 431 g/mol. The first-order chi connectivity index (χ1) is 12.9. The molecule has 2 aromatic carbocycles. The summed E-state index contributed by atoms with van der Waals surface area (Å²) >= 11 is 18.0. The second-order valence-electron chi connectivity index (χ2n) is 5.21. The number of esters is 1. The van der Waals surface area contributed by atoms with Gasteiger partial charge in [-0.15, -0.1) is 5.10 Å². The number of hydrogen-bond donors (Lipinski definition) is 0. The molecule has 6 nitrogen and oxygen atoms in total. The second kappa shape index (κ2) is 8.12. The summed E-state index contributed by atoms with van der Waals surface area (Å²) in [5.74, 6) is -1.05. The maximum absolute atomic E-state index is 14.4. The lowest BCUT2D eigenvalue weighted by Crippen LogP contribution is -2.13. The van der Waals surface area contributed by atoms with Gasteiger partial charge in [-0.3, -0.25) is 0 Å². The van der Waals surface area contributed by atoms with E-state index in [0.717, 1.165) is 6.07 Å². The molecule has 0 aliphatic heterocycles. The fraction of sp³-hybridized carbons (Fsp3) is 0.118. The Morgan fingerprint density at radius 3 is 2.52 bits per heavy atom. The van der Waals surface area contributed by atoms with E-state index in [-0.39, 0.29) is 27.6 Å². The van der Waals surface area contributed by atoms with Gasteiger partial charge in [-0.2, -0.15) is 4.98 Å². The van der Waals surface area contributed by atoms with Crippen LogP contribution in [-0.4, -0.2) is 34.5 Å². The molecule has 3 aromatic rings. The molecule has 1 aromatic heterocycles. The molecule has 0 unspecified atom stereocenters. The molecule has 0 saturated carbocycles. The third-order valence-electron chi connectivity index (χ3n) is 3.44. The molecule has 140 valence electrons. The molecule has 10 heteroatoms. The van der Waals surface area contributed by atoms with Crippen molar-refractivity contribution in [1.82, 2.24) is 14.8 Å². The Morgan fingerprint density at radius 1 is 1.15 bits per heavy atom. The molecule has 1 heterocycles. The van der Waals surface area contributed by atoms with Crippen molar-refractivity contribution in [3.8, 4) is 23.1 Å². The number of ether oxygens (including phenoxy) is 2. The van der Waals surface area contributed by atoms with Crippen molar-refractivity contribution >= 4 is 40.8 Å². The minimum absolute atomic E-state index is 0.0702. The maximum Gasteiger partial charge on any atom is 0.344 e. The molecule has 0 fully saturated rings. The Labute approximate surface area is 168 Å². The number of methoxy groups -OCH3 is 1. The van der Waals surface area contributed by atoms with Gasteiger partial charge in [0.25, 0.3) is 0 Å². The van der Waals surface area contributed by atoms with E-state index in [1.54, 1.807) is 12.1 Å². The fourth-order valence-electron chi connectivity index (χ4n) is 2.20. The molecule has 27 heavy (non-hydrogen) atoms. The topological polar surface area (TPSA) is 66.2 Å². The lowest BCUT2D eigenvalue weighted by molar-refractivity contribution is -0.143. The maximum atomic E-state index is 14.4. The van der Waals surface area contributed by atoms with Crippen LogP contribution >= 0.6 is 34.8 Å². The largest absolute Gasteiger partial charge is 0.466 e. The molecule has 0 amide bonds. The molecule has 0 spiro atoms.